The van der Waals surface area contributed by atoms with Gasteiger partial charge in [0.1, 0.15) is 17.4 Å². The number of anilines is 1. The minimum absolute atomic E-state index is 0.0947. The molecule has 0 unspecified atom stereocenters. The van der Waals surface area contributed by atoms with E-state index in [0.717, 1.165) is 41.8 Å². The highest BCUT2D eigenvalue weighted by Crippen LogP contribution is 2.36. The van der Waals surface area contributed by atoms with Crippen LogP contribution in [-0.4, -0.2) is 40.1 Å². The normalized spacial score (nSPS) is 14.3. The number of carbonyl (C=O) groups is 1. The fraction of sp³-hybridized carbons (Fsp3) is 0.250. The molecule has 8 nitrogen and oxygen atoms in total. The number of hydrogen-bond donors (Lipinski definition) is 3. The van der Waals surface area contributed by atoms with Gasteiger partial charge in [-0.2, -0.15) is 0 Å². The Morgan fingerprint density at radius 3 is 2.76 bits per heavy atom. The van der Waals surface area contributed by atoms with Gasteiger partial charge in [-0.25, -0.2) is 15.0 Å². The van der Waals surface area contributed by atoms with E-state index in [2.05, 4.69) is 25.6 Å². The molecule has 0 bridgehead atoms. The van der Waals surface area contributed by atoms with Gasteiger partial charge in [0.25, 0.3) is 5.91 Å². The topological polar surface area (TPSA) is 115 Å². The van der Waals surface area contributed by atoms with E-state index in [0.29, 0.717) is 28.5 Å². The molecule has 0 atom stereocenters. The van der Waals surface area contributed by atoms with Gasteiger partial charge in [-0.15, -0.1) is 11.3 Å². The minimum Gasteiger partial charge on any atom is -0.488 e. The standard InChI is InChI=1S/C24H24N6O2S/c25-24-27-11-8-18(29-24)16-12-19(32-17-6-9-26-10-7-17)21-20(13-16)33-23(30-21)22(31)28-14-15-4-2-1-3-5-15/h1-5,8,11-13,17,26H,6-7,9-10,14H2,(H,28,31)(H2,25,27,29). The molecule has 4 aromatic rings. The zero-order valence-corrected chi connectivity index (χ0v) is 18.8. The van der Waals surface area contributed by atoms with E-state index >= 15 is 0 Å². The molecule has 1 fully saturated rings. The summed E-state index contributed by atoms with van der Waals surface area (Å²) in [5, 5.41) is 6.70. The third-order valence-corrected chi connectivity index (χ3v) is 6.50. The number of nitrogens with zero attached hydrogens (tertiary/aromatic N) is 3. The molecule has 0 aliphatic carbocycles. The first-order valence-corrected chi connectivity index (χ1v) is 11.7. The Balaban J connectivity index is 1.48. The van der Waals surface area contributed by atoms with Crippen LogP contribution in [0.5, 0.6) is 5.75 Å². The molecule has 33 heavy (non-hydrogen) atoms. The maximum absolute atomic E-state index is 12.8. The number of nitrogen functional groups attached to an aromatic ring is 1. The Labute approximate surface area is 195 Å². The maximum Gasteiger partial charge on any atom is 0.280 e. The SMILES string of the molecule is Nc1nccc(-c2cc(OC3CCNCC3)c3nc(C(=O)NCc4ccccc4)sc3c2)n1. The zero-order valence-electron chi connectivity index (χ0n) is 18.0. The average molecular weight is 461 g/mol. The Morgan fingerprint density at radius 1 is 1.15 bits per heavy atom. The van der Waals surface area contributed by atoms with Crippen LogP contribution in [0, 0.1) is 0 Å². The van der Waals surface area contributed by atoms with Crippen molar-refractivity contribution in [3.05, 3.63) is 65.3 Å². The van der Waals surface area contributed by atoms with Gasteiger partial charge in [-0.05, 0) is 49.7 Å². The first-order chi connectivity index (χ1) is 16.2. The summed E-state index contributed by atoms with van der Waals surface area (Å²) in [5.74, 6) is 0.657. The van der Waals surface area contributed by atoms with Crippen LogP contribution in [0.2, 0.25) is 0 Å². The number of piperidine rings is 1. The Kier molecular flexibility index (Phi) is 6.14. The maximum atomic E-state index is 12.8. The van der Waals surface area contributed by atoms with Crippen LogP contribution in [-0.2, 0) is 6.54 Å². The number of benzene rings is 2. The summed E-state index contributed by atoms with van der Waals surface area (Å²) in [6.07, 6.45) is 3.56. The number of carbonyl (C=O) groups excluding carboxylic acids is 1. The Hall–Kier alpha value is -3.56. The van der Waals surface area contributed by atoms with Gasteiger partial charge in [-0.3, -0.25) is 4.79 Å². The van der Waals surface area contributed by atoms with Crippen molar-refractivity contribution in [2.24, 2.45) is 0 Å². The fourth-order valence-corrected chi connectivity index (χ4v) is 4.75. The lowest BCUT2D eigenvalue weighted by atomic mass is 10.1. The van der Waals surface area contributed by atoms with Crippen molar-refractivity contribution in [2.75, 3.05) is 18.8 Å². The molecule has 0 saturated carbocycles. The molecular formula is C24H24N6O2S. The monoisotopic (exact) mass is 460 g/mol. The van der Waals surface area contributed by atoms with Crippen LogP contribution in [0.4, 0.5) is 5.95 Å². The van der Waals surface area contributed by atoms with Gasteiger partial charge in [0, 0.05) is 18.3 Å². The Bertz CT molecular complexity index is 1270. The van der Waals surface area contributed by atoms with Crippen LogP contribution in [0.25, 0.3) is 21.5 Å². The number of ether oxygens (including phenoxy) is 1. The summed E-state index contributed by atoms with van der Waals surface area (Å²) in [6.45, 7) is 2.28. The highest BCUT2D eigenvalue weighted by molar-refractivity contribution is 7.20. The molecule has 9 heteroatoms. The van der Waals surface area contributed by atoms with E-state index < -0.39 is 0 Å². The number of hydrogen-bond acceptors (Lipinski definition) is 8. The van der Waals surface area contributed by atoms with Gasteiger partial charge in [0.2, 0.25) is 5.95 Å². The molecule has 1 aliphatic rings. The summed E-state index contributed by atoms with van der Waals surface area (Å²) in [6, 6.07) is 15.5. The minimum atomic E-state index is -0.208. The van der Waals surface area contributed by atoms with E-state index in [1.54, 1.807) is 12.3 Å². The molecule has 4 N–H and O–H groups in total. The number of rotatable bonds is 6. The molecule has 5 rings (SSSR count). The van der Waals surface area contributed by atoms with Crippen molar-refractivity contribution in [1.82, 2.24) is 25.6 Å². The molecule has 2 aromatic heterocycles. The van der Waals surface area contributed by atoms with Crippen molar-refractivity contribution in [2.45, 2.75) is 25.5 Å². The third kappa shape index (κ3) is 4.94. The number of thiazole rings is 1. The summed E-state index contributed by atoms with van der Waals surface area (Å²) in [4.78, 5) is 25.8. The Morgan fingerprint density at radius 2 is 1.97 bits per heavy atom. The lowest BCUT2D eigenvalue weighted by Gasteiger charge is -2.24. The predicted molar refractivity (Wildman–Crippen MR) is 129 cm³/mol. The molecule has 0 spiro atoms. The summed E-state index contributed by atoms with van der Waals surface area (Å²) >= 11 is 1.34. The first kappa shape index (κ1) is 21.3. The van der Waals surface area contributed by atoms with Crippen molar-refractivity contribution in [3.63, 3.8) is 0 Å². The quantitative estimate of drug-likeness (QED) is 0.404. The summed E-state index contributed by atoms with van der Waals surface area (Å²) in [5.41, 5.74) is 9.06. The van der Waals surface area contributed by atoms with Gasteiger partial charge < -0.3 is 21.1 Å². The molecule has 3 heterocycles. The number of nitrogens with one attached hydrogen (secondary N) is 2. The first-order valence-electron chi connectivity index (χ1n) is 10.9. The zero-order chi connectivity index (χ0) is 22.6. The molecule has 1 aliphatic heterocycles. The van der Waals surface area contributed by atoms with E-state index in [9.17, 15) is 4.79 Å². The smallest absolute Gasteiger partial charge is 0.280 e. The second-order valence-electron chi connectivity index (χ2n) is 7.88. The van der Waals surface area contributed by atoms with Crippen molar-refractivity contribution in [1.29, 1.82) is 0 Å². The summed E-state index contributed by atoms with van der Waals surface area (Å²) < 4.78 is 7.24. The van der Waals surface area contributed by atoms with Crippen LogP contribution < -0.4 is 21.1 Å². The molecule has 1 saturated heterocycles. The van der Waals surface area contributed by atoms with Crippen molar-refractivity contribution in [3.8, 4) is 17.0 Å². The fourth-order valence-electron chi connectivity index (χ4n) is 3.81. The van der Waals surface area contributed by atoms with Gasteiger partial charge in [-0.1, -0.05) is 30.3 Å². The molecular weight excluding hydrogens is 436 g/mol. The highest BCUT2D eigenvalue weighted by Gasteiger charge is 2.21. The van der Waals surface area contributed by atoms with E-state index in [1.807, 2.05) is 42.5 Å². The molecule has 168 valence electrons. The number of nitrogens with two attached hydrogens (primary N) is 1. The van der Waals surface area contributed by atoms with Crippen LogP contribution in [0.15, 0.2) is 54.7 Å². The largest absolute Gasteiger partial charge is 0.488 e. The van der Waals surface area contributed by atoms with Gasteiger partial charge in [0.15, 0.2) is 5.01 Å². The van der Waals surface area contributed by atoms with Gasteiger partial charge >= 0.3 is 0 Å². The molecule has 0 radical (unpaired) electrons. The van der Waals surface area contributed by atoms with Crippen LogP contribution in [0.1, 0.15) is 28.2 Å². The van der Waals surface area contributed by atoms with Crippen LogP contribution in [0.3, 0.4) is 0 Å². The van der Waals surface area contributed by atoms with E-state index in [-0.39, 0.29) is 18.0 Å². The number of amides is 1. The second kappa shape index (κ2) is 9.51. The van der Waals surface area contributed by atoms with E-state index in [4.69, 9.17) is 10.5 Å². The second-order valence-corrected chi connectivity index (χ2v) is 8.91. The number of fused-ring (bicyclic) bond motifs is 1. The molecule has 1 amide bonds. The van der Waals surface area contributed by atoms with Gasteiger partial charge in [0.05, 0.1) is 10.4 Å². The van der Waals surface area contributed by atoms with Crippen LogP contribution >= 0.6 is 11.3 Å². The third-order valence-electron chi connectivity index (χ3n) is 5.50. The molecule has 2 aromatic carbocycles. The van der Waals surface area contributed by atoms with Crippen molar-refractivity contribution < 1.29 is 9.53 Å². The predicted octanol–water partition coefficient (Wildman–Crippen LogP) is 3.40. The lowest BCUT2D eigenvalue weighted by molar-refractivity contribution is 0.0950. The highest BCUT2D eigenvalue weighted by atomic mass is 32.1. The lowest BCUT2D eigenvalue weighted by Crippen LogP contribution is -2.34. The summed E-state index contributed by atoms with van der Waals surface area (Å²) in [7, 11) is 0. The van der Waals surface area contributed by atoms with Crippen molar-refractivity contribution >= 4 is 33.4 Å². The average Bonchev–Trinajstić information content (AvgIpc) is 3.29. The number of aromatic nitrogens is 3. The van der Waals surface area contributed by atoms with E-state index in [1.165, 1.54) is 11.3 Å².